The molecule has 0 atom stereocenters. The number of nitrogens with two attached hydrogens (primary N) is 1. The summed E-state index contributed by atoms with van der Waals surface area (Å²) in [5, 5.41) is 3.12. The molecule has 0 aliphatic carbocycles. The molecule has 0 aromatic heterocycles. The highest BCUT2D eigenvalue weighted by Gasteiger charge is 1.74. The summed E-state index contributed by atoms with van der Waals surface area (Å²) in [6.45, 7) is 4.57. The Labute approximate surface area is 50.8 Å². The van der Waals surface area contributed by atoms with E-state index in [1.807, 2.05) is 13.0 Å². The van der Waals surface area contributed by atoms with Crippen molar-refractivity contribution in [3.8, 4) is 0 Å². The third-order valence-electron chi connectivity index (χ3n) is 0.819. The SMILES string of the molecule is CC=CCNCCN. The molecule has 0 saturated carbocycles. The molecule has 2 nitrogen and oxygen atoms in total. The number of rotatable bonds is 4. The molecule has 0 heterocycles. The Morgan fingerprint density at radius 2 is 2.38 bits per heavy atom. The maximum absolute atomic E-state index is 5.22. The van der Waals surface area contributed by atoms with E-state index in [1.165, 1.54) is 0 Å². The minimum absolute atomic E-state index is 0.720. The van der Waals surface area contributed by atoms with E-state index in [9.17, 15) is 0 Å². The van der Waals surface area contributed by atoms with Gasteiger partial charge in [-0.3, -0.25) is 0 Å². The molecule has 48 valence electrons. The molecule has 0 aliphatic rings. The van der Waals surface area contributed by atoms with Gasteiger partial charge in [0.05, 0.1) is 0 Å². The predicted octanol–water partition coefficient (Wildman–Crippen LogP) is 0.111. The molecule has 2 heteroatoms. The van der Waals surface area contributed by atoms with Gasteiger partial charge in [-0.15, -0.1) is 0 Å². The van der Waals surface area contributed by atoms with Crippen LogP contribution in [-0.2, 0) is 0 Å². The summed E-state index contributed by atoms with van der Waals surface area (Å²) in [6, 6.07) is 0. The Hall–Kier alpha value is -0.340. The van der Waals surface area contributed by atoms with Crippen molar-refractivity contribution in [2.24, 2.45) is 5.73 Å². The quantitative estimate of drug-likeness (QED) is 0.402. The van der Waals surface area contributed by atoms with Crippen LogP contribution in [0, 0.1) is 0 Å². The second-order valence-electron chi connectivity index (χ2n) is 1.56. The van der Waals surface area contributed by atoms with E-state index in [0.717, 1.165) is 19.6 Å². The van der Waals surface area contributed by atoms with Gasteiger partial charge in [0.15, 0.2) is 0 Å². The molecule has 3 N–H and O–H groups in total. The lowest BCUT2D eigenvalue weighted by Crippen LogP contribution is -2.22. The van der Waals surface area contributed by atoms with E-state index in [0.29, 0.717) is 0 Å². The summed E-state index contributed by atoms with van der Waals surface area (Å²) in [4.78, 5) is 0. The van der Waals surface area contributed by atoms with Crippen molar-refractivity contribution in [1.29, 1.82) is 0 Å². The Balaban J connectivity index is 2.72. The zero-order valence-corrected chi connectivity index (χ0v) is 5.35. The molecule has 0 radical (unpaired) electrons. The highest BCUT2D eigenvalue weighted by Crippen LogP contribution is 1.64. The number of hydrogen-bond donors (Lipinski definition) is 2. The topological polar surface area (TPSA) is 38.0 Å². The van der Waals surface area contributed by atoms with Gasteiger partial charge in [-0.2, -0.15) is 0 Å². The van der Waals surface area contributed by atoms with Gasteiger partial charge in [0.2, 0.25) is 0 Å². The van der Waals surface area contributed by atoms with E-state index >= 15 is 0 Å². The smallest absolute Gasteiger partial charge is 0.0135 e. The van der Waals surface area contributed by atoms with E-state index in [1.54, 1.807) is 0 Å². The lowest BCUT2D eigenvalue weighted by atomic mass is 10.5. The highest BCUT2D eigenvalue weighted by molar-refractivity contribution is 4.78. The van der Waals surface area contributed by atoms with Crippen LogP contribution in [0.3, 0.4) is 0 Å². The lowest BCUT2D eigenvalue weighted by molar-refractivity contribution is 0.753. The molecule has 0 fully saturated rings. The van der Waals surface area contributed by atoms with Gasteiger partial charge in [0.1, 0.15) is 0 Å². The molecule has 0 bridgehead atoms. The van der Waals surface area contributed by atoms with Crippen molar-refractivity contribution in [2.45, 2.75) is 6.92 Å². The minimum atomic E-state index is 0.720. The van der Waals surface area contributed by atoms with E-state index < -0.39 is 0 Å². The predicted molar refractivity (Wildman–Crippen MR) is 36.7 cm³/mol. The first-order chi connectivity index (χ1) is 3.91. The number of hydrogen-bond acceptors (Lipinski definition) is 2. The van der Waals surface area contributed by atoms with Crippen molar-refractivity contribution in [2.75, 3.05) is 19.6 Å². The van der Waals surface area contributed by atoms with Crippen molar-refractivity contribution in [3.63, 3.8) is 0 Å². The summed E-state index contributed by atoms with van der Waals surface area (Å²) in [6.07, 6.45) is 4.08. The van der Waals surface area contributed by atoms with Crippen LogP contribution in [0.5, 0.6) is 0 Å². The second kappa shape index (κ2) is 6.66. The average molecular weight is 114 g/mol. The molecule has 0 saturated heterocycles. The van der Waals surface area contributed by atoms with Crippen LogP contribution in [0.15, 0.2) is 12.2 Å². The fraction of sp³-hybridized carbons (Fsp3) is 0.667. The maximum atomic E-state index is 5.22. The normalized spacial score (nSPS) is 10.8. The van der Waals surface area contributed by atoms with Crippen molar-refractivity contribution in [3.05, 3.63) is 12.2 Å². The monoisotopic (exact) mass is 114 g/mol. The van der Waals surface area contributed by atoms with Crippen molar-refractivity contribution in [1.82, 2.24) is 5.32 Å². The molecule has 0 aromatic rings. The molecular formula is C6H14N2. The number of allylic oxidation sites excluding steroid dienone is 1. The van der Waals surface area contributed by atoms with Gasteiger partial charge in [0.25, 0.3) is 0 Å². The van der Waals surface area contributed by atoms with Gasteiger partial charge >= 0.3 is 0 Å². The van der Waals surface area contributed by atoms with E-state index in [2.05, 4.69) is 11.4 Å². The third kappa shape index (κ3) is 5.66. The van der Waals surface area contributed by atoms with E-state index in [-0.39, 0.29) is 0 Å². The van der Waals surface area contributed by atoms with Gasteiger partial charge in [-0.05, 0) is 6.92 Å². The Morgan fingerprint density at radius 3 is 2.88 bits per heavy atom. The van der Waals surface area contributed by atoms with Crippen LogP contribution >= 0.6 is 0 Å². The van der Waals surface area contributed by atoms with Crippen LogP contribution in [0.1, 0.15) is 6.92 Å². The highest BCUT2D eigenvalue weighted by atomic mass is 14.9. The largest absolute Gasteiger partial charge is 0.329 e. The molecule has 8 heavy (non-hydrogen) atoms. The molecular weight excluding hydrogens is 100 g/mol. The van der Waals surface area contributed by atoms with Crippen molar-refractivity contribution >= 4 is 0 Å². The Kier molecular flexibility index (Phi) is 6.38. The Bertz CT molecular complexity index is 59.5. The average Bonchev–Trinajstić information content (AvgIpc) is 1.81. The molecule has 0 aliphatic heterocycles. The molecule has 0 aromatic carbocycles. The summed E-state index contributed by atoms with van der Waals surface area (Å²) in [7, 11) is 0. The van der Waals surface area contributed by atoms with Crippen LogP contribution in [0.25, 0.3) is 0 Å². The summed E-state index contributed by atoms with van der Waals surface area (Å²) >= 11 is 0. The van der Waals surface area contributed by atoms with Crippen LogP contribution in [0.4, 0.5) is 0 Å². The van der Waals surface area contributed by atoms with Gasteiger partial charge in [0, 0.05) is 19.6 Å². The second-order valence-corrected chi connectivity index (χ2v) is 1.56. The zero-order chi connectivity index (χ0) is 6.24. The first-order valence-corrected chi connectivity index (χ1v) is 2.93. The van der Waals surface area contributed by atoms with Crippen LogP contribution in [-0.4, -0.2) is 19.6 Å². The number of nitrogens with one attached hydrogen (secondary N) is 1. The molecule has 0 amide bonds. The van der Waals surface area contributed by atoms with Gasteiger partial charge < -0.3 is 11.1 Å². The summed E-state index contributed by atoms with van der Waals surface area (Å²) in [5.74, 6) is 0. The van der Waals surface area contributed by atoms with Crippen LogP contribution in [0.2, 0.25) is 0 Å². The van der Waals surface area contributed by atoms with Gasteiger partial charge in [-0.1, -0.05) is 12.2 Å². The Morgan fingerprint density at radius 1 is 1.62 bits per heavy atom. The first-order valence-electron chi connectivity index (χ1n) is 2.93. The van der Waals surface area contributed by atoms with Crippen LogP contribution < -0.4 is 11.1 Å². The summed E-state index contributed by atoms with van der Waals surface area (Å²) < 4.78 is 0. The molecule has 0 spiro atoms. The van der Waals surface area contributed by atoms with Crippen molar-refractivity contribution < 1.29 is 0 Å². The fourth-order valence-corrected chi connectivity index (χ4v) is 0.405. The molecule has 0 unspecified atom stereocenters. The lowest BCUT2D eigenvalue weighted by Gasteiger charge is -1.94. The van der Waals surface area contributed by atoms with Gasteiger partial charge in [-0.25, -0.2) is 0 Å². The standard InChI is InChI=1S/C6H14N2/c1-2-3-5-8-6-4-7/h2-3,8H,4-7H2,1H3. The summed E-state index contributed by atoms with van der Waals surface area (Å²) in [5.41, 5.74) is 5.22. The first kappa shape index (κ1) is 7.66. The zero-order valence-electron chi connectivity index (χ0n) is 5.35. The molecule has 0 rings (SSSR count). The minimum Gasteiger partial charge on any atom is -0.329 e. The maximum Gasteiger partial charge on any atom is 0.0135 e. The third-order valence-corrected chi connectivity index (χ3v) is 0.819. The van der Waals surface area contributed by atoms with E-state index in [4.69, 9.17) is 5.73 Å². The fourth-order valence-electron chi connectivity index (χ4n) is 0.405.